The molecule has 3 rings (SSSR count). The summed E-state index contributed by atoms with van der Waals surface area (Å²) in [6.07, 6.45) is 1.60. The van der Waals surface area contributed by atoms with Gasteiger partial charge in [0.25, 0.3) is 11.7 Å². The second-order valence-electron chi connectivity index (χ2n) is 6.63. The zero-order valence-electron chi connectivity index (χ0n) is 16.5. The Balaban J connectivity index is 2.08. The molecule has 7 heteroatoms. The second-order valence-corrected chi connectivity index (χ2v) is 6.63. The Bertz CT molecular complexity index is 983. The summed E-state index contributed by atoms with van der Waals surface area (Å²) < 4.78 is 25.0. The van der Waals surface area contributed by atoms with Gasteiger partial charge in [0.15, 0.2) is 0 Å². The number of nitrogens with zero attached hydrogens (tertiary/aromatic N) is 1. The molecule has 2 aromatic carbocycles. The van der Waals surface area contributed by atoms with Crippen LogP contribution in [-0.4, -0.2) is 48.6 Å². The van der Waals surface area contributed by atoms with Crippen molar-refractivity contribution in [3.8, 4) is 5.75 Å². The standard InChI is InChI=1S/C23H22FNO5/c1-3-13-30-16-10-8-15(9-11-16)21(26)19-20(17-6-4-5-7-18(17)24)25(12-14-29-2)23(28)22(19)27/h3-11,20,26H,1,12-14H2,2H3/b21-19+. The number of hydrogen-bond acceptors (Lipinski definition) is 5. The molecule has 0 spiro atoms. The normalized spacial score (nSPS) is 17.9. The van der Waals surface area contributed by atoms with E-state index in [1.54, 1.807) is 36.4 Å². The van der Waals surface area contributed by atoms with Crippen LogP contribution in [0.3, 0.4) is 0 Å². The molecule has 1 aliphatic heterocycles. The molecule has 1 unspecified atom stereocenters. The zero-order valence-corrected chi connectivity index (χ0v) is 16.5. The molecule has 1 amide bonds. The Kier molecular flexibility index (Phi) is 6.64. The summed E-state index contributed by atoms with van der Waals surface area (Å²) >= 11 is 0. The Labute approximate surface area is 173 Å². The summed E-state index contributed by atoms with van der Waals surface area (Å²) in [7, 11) is 1.46. The number of likely N-dealkylation sites (tertiary alicyclic amines) is 1. The summed E-state index contributed by atoms with van der Waals surface area (Å²) in [4.78, 5) is 26.7. The minimum atomic E-state index is -1.06. The van der Waals surface area contributed by atoms with Crippen molar-refractivity contribution in [2.45, 2.75) is 6.04 Å². The summed E-state index contributed by atoms with van der Waals surface area (Å²) in [5, 5.41) is 10.9. The van der Waals surface area contributed by atoms with Crippen LogP contribution in [0.4, 0.5) is 4.39 Å². The van der Waals surface area contributed by atoms with E-state index < -0.39 is 23.5 Å². The molecular formula is C23H22FNO5. The first-order chi connectivity index (χ1) is 14.5. The highest BCUT2D eigenvalue weighted by Gasteiger charge is 2.46. The van der Waals surface area contributed by atoms with Crippen molar-refractivity contribution in [1.29, 1.82) is 0 Å². The van der Waals surface area contributed by atoms with Crippen LogP contribution >= 0.6 is 0 Å². The van der Waals surface area contributed by atoms with Gasteiger partial charge < -0.3 is 19.5 Å². The van der Waals surface area contributed by atoms with E-state index in [0.717, 1.165) is 0 Å². The number of ether oxygens (including phenoxy) is 2. The van der Waals surface area contributed by atoms with Crippen molar-refractivity contribution < 1.29 is 28.6 Å². The van der Waals surface area contributed by atoms with Crippen molar-refractivity contribution in [2.24, 2.45) is 0 Å². The highest BCUT2D eigenvalue weighted by atomic mass is 19.1. The first kappa shape index (κ1) is 21.3. The van der Waals surface area contributed by atoms with Crippen LogP contribution in [-0.2, 0) is 14.3 Å². The molecule has 1 heterocycles. The summed E-state index contributed by atoms with van der Waals surface area (Å²) in [6.45, 7) is 4.13. The number of carbonyl (C=O) groups is 2. The number of amides is 1. The number of Topliss-reactive ketones (excluding diaryl/α,β-unsaturated/α-hetero) is 1. The van der Waals surface area contributed by atoms with Crippen molar-refractivity contribution in [3.63, 3.8) is 0 Å². The number of aliphatic hydroxyl groups is 1. The van der Waals surface area contributed by atoms with Gasteiger partial charge in [0, 0.05) is 24.8 Å². The molecule has 0 radical (unpaired) electrons. The van der Waals surface area contributed by atoms with Gasteiger partial charge in [-0.2, -0.15) is 0 Å². The number of ketones is 1. The third-order valence-corrected chi connectivity index (χ3v) is 4.77. The molecule has 156 valence electrons. The number of methoxy groups -OCH3 is 1. The molecule has 6 nitrogen and oxygen atoms in total. The SMILES string of the molecule is C=CCOc1ccc(/C(O)=C2\C(=O)C(=O)N(CCOC)C2c2ccccc2F)cc1. The third kappa shape index (κ3) is 4.11. The summed E-state index contributed by atoms with van der Waals surface area (Å²) in [5.74, 6) is -2.09. The molecule has 0 saturated carbocycles. The molecule has 0 aliphatic carbocycles. The lowest BCUT2D eigenvalue weighted by atomic mass is 9.95. The lowest BCUT2D eigenvalue weighted by Gasteiger charge is -2.25. The lowest BCUT2D eigenvalue weighted by molar-refractivity contribution is -0.140. The van der Waals surface area contributed by atoms with E-state index >= 15 is 0 Å². The maximum absolute atomic E-state index is 14.6. The van der Waals surface area contributed by atoms with Crippen LogP contribution in [0.15, 0.2) is 66.8 Å². The van der Waals surface area contributed by atoms with Gasteiger partial charge in [-0.05, 0) is 30.3 Å². The van der Waals surface area contributed by atoms with E-state index in [0.29, 0.717) is 17.9 Å². The molecular weight excluding hydrogens is 389 g/mol. The molecule has 1 atom stereocenters. The van der Waals surface area contributed by atoms with Crippen LogP contribution in [0.1, 0.15) is 17.2 Å². The van der Waals surface area contributed by atoms with Crippen molar-refractivity contribution in [3.05, 3.63) is 83.7 Å². The maximum Gasteiger partial charge on any atom is 0.295 e. The van der Waals surface area contributed by atoms with Crippen molar-refractivity contribution >= 4 is 17.4 Å². The molecule has 1 aliphatic rings. The highest BCUT2D eigenvalue weighted by Crippen LogP contribution is 2.40. The van der Waals surface area contributed by atoms with E-state index in [9.17, 15) is 19.1 Å². The number of carbonyl (C=O) groups excluding carboxylic acids is 2. The topological polar surface area (TPSA) is 76.1 Å². The van der Waals surface area contributed by atoms with E-state index in [2.05, 4.69) is 6.58 Å². The average molecular weight is 411 g/mol. The highest BCUT2D eigenvalue weighted by molar-refractivity contribution is 6.46. The Morgan fingerprint density at radius 1 is 1.20 bits per heavy atom. The van der Waals surface area contributed by atoms with Gasteiger partial charge in [-0.25, -0.2) is 4.39 Å². The van der Waals surface area contributed by atoms with Gasteiger partial charge >= 0.3 is 0 Å². The number of aliphatic hydroxyl groups excluding tert-OH is 1. The minimum Gasteiger partial charge on any atom is -0.507 e. The quantitative estimate of drug-likeness (QED) is 0.312. The second kappa shape index (κ2) is 9.37. The first-order valence-electron chi connectivity index (χ1n) is 9.35. The molecule has 30 heavy (non-hydrogen) atoms. The average Bonchev–Trinajstić information content (AvgIpc) is 3.01. The number of hydrogen-bond donors (Lipinski definition) is 1. The van der Waals surface area contributed by atoms with E-state index in [-0.39, 0.29) is 30.0 Å². The van der Waals surface area contributed by atoms with Crippen LogP contribution in [0.5, 0.6) is 5.75 Å². The minimum absolute atomic E-state index is 0.0746. The maximum atomic E-state index is 14.6. The molecule has 1 N–H and O–H groups in total. The fourth-order valence-corrected chi connectivity index (χ4v) is 3.34. The van der Waals surface area contributed by atoms with E-state index in [1.807, 2.05) is 0 Å². The van der Waals surface area contributed by atoms with Gasteiger partial charge in [0.2, 0.25) is 0 Å². The van der Waals surface area contributed by atoms with Crippen LogP contribution in [0, 0.1) is 5.82 Å². The van der Waals surface area contributed by atoms with Gasteiger partial charge in [0.05, 0.1) is 18.2 Å². The van der Waals surface area contributed by atoms with Gasteiger partial charge in [-0.1, -0.05) is 30.9 Å². The Morgan fingerprint density at radius 2 is 1.90 bits per heavy atom. The van der Waals surface area contributed by atoms with Gasteiger partial charge in [-0.15, -0.1) is 0 Å². The van der Waals surface area contributed by atoms with E-state index in [4.69, 9.17) is 9.47 Å². The summed E-state index contributed by atoms with van der Waals surface area (Å²) in [5.41, 5.74) is 0.272. The Hall–Kier alpha value is -3.45. The monoisotopic (exact) mass is 411 g/mol. The number of benzene rings is 2. The Morgan fingerprint density at radius 3 is 2.53 bits per heavy atom. The first-order valence-corrected chi connectivity index (χ1v) is 9.35. The van der Waals surface area contributed by atoms with Crippen molar-refractivity contribution in [2.75, 3.05) is 26.9 Å². The summed E-state index contributed by atoms with van der Waals surface area (Å²) in [6, 6.07) is 11.2. The lowest BCUT2D eigenvalue weighted by Crippen LogP contribution is -2.33. The predicted octanol–water partition coefficient (Wildman–Crippen LogP) is 3.46. The van der Waals surface area contributed by atoms with Crippen LogP contribution in [0.2, 0.25) is 0 Å². The third-order valence-electron chi connectivity index (χ3n) is 4.77. The predicted molar refractivity (Wildman–Crippen MR) is 109 cm³/mol. The largest absolute Gasteiger partial charge is 0.507 e. The molecule has 0 aromatic heterocycles. The fourth-order valence-electron chi connectivity index (χ4n) is 3.34. The fraction of sp³-hybridized carbons (Fsp3) is 0.217. The van der Waals surface area contributed by atoms with Crippen LogP contribution < -0.4 is 4.74 Å². The van der Waals surface area contributed by atoms with Gasteiger partial charge in [-0.3, -0.25) is 9.59 Å². The number of rotatable bonds is 8. The zero-order chi connectivity index (χ0) is 21.7. The van der Waals surface area contributed by atoms with Crippen molar-refractivity contribution in [1.82, 2.24) is 4.90 Å². The molecule has 0 bridgehead atoms. The van der Waals surface area contributed by atoms with Gasteiger partial charge in [0.1, 0.15) is 23.9 Å². The molecule has 2 aromatic rings. The number of halogens is 1. The van der Waals surface area contributed by atoms with E-state index in [1.165, 1.54) is 30.2 Å². The molecule has 1 fully saturated rings. The molecule has 1 saturated heterocycles. The van der Waals surface area contributed by atoms with Crippen LogP contribution in [0.25, 0.3) is 5.76 Å². The smallest absolute Gasteiger partial charge is 0.295 e.